The Kier molecular flexibility index (Phi) is 1.69. The van der Waals surface area contributed by atoms with Crippen LogP contribution in [0.15, 0.2) is 0 Å². The minimum atomic E-state index is -0.148. The number of carbonyl (C=O) groups is 1. The number of carbonyl (C=O) groups excluding carboxylic acids is 1. The zero-order valence-corrected chi connectivity index (χ0v) is 4.96. The van der Waals surface area contributed by atoms with Crippen molar-refractivity contribution in [3.63, 3.8) is 0 Å². The fraction of sp³-hybridized carbons (Fsp3) is 0.667. The van der Waals surface area contributed by atoms with Crippen LogP contribution in [0.25, 0.3) is 0 Å². The first kappa shape index (κ1) is 6.09. The summed E-state index contributed by atoms with van der Waals surface area (Å²) in [5, 5.41) is 8.12. The molecule has 0 spiro atoms. The van der Waals surface area contributed by atoms with Crippen LogP contribution in [0.5, 0.6) is 0 Å². The topological polar surface area (TPSA) is 50.1 Å². The highest BCUT2D eigenvalue weighted by molar-refractivity contribution is 5.77. The highest BCUT2D eigenvalue weighted by Crippen LogP contribution is 2.17. The van der Waals surface area contributed by atoms with Gasteiger partial charge in [0.25, 0.3) is 0 Å². The zero-order chi connectivity index (χ0) is 6.69. The third kappa shape index (κ3) is 1.20. The predicted octanol–water partition coefficient (Wildman–Crippen LogP) is 0.463. The SMILES string of the molecule is N#CCCC1COC1=O. The standard InChI is InChI=1S/C6H7NO2/c7-3-1-2-5-4-9-6(5)8/h5H,1-2,4H2. The summed E-state index contributed by atoms with van der Waals surface area (Å²) in [6.07, 6.45) is 1.12. The van der Waals surface area contributed by atoms with E-state index in [-0.39, 0.29) is 11.9 Å². The lowest BCUT2D eigenvalue weighted by Gasteiger charge is -2.22. The second-order valence-electron chi connectivity index (χ2n) is 2.02. The number of rotatable bonds is 2. The minimum absolute atomic E-state index is 0.0182. The van der Waals surface area contributed by atoms with Gasteiger partial charge in [0.2, 0.25) is 0 Å². The van der Waals surface area contributed by atoms with Crippen molar-refractivity contribution < 1.29 is 9.53 Å². The van der Waals surface area contributed by atoms with Gasteiger partial charge < -0.3 is 4.74 Å². The largest absolute Gasteiger partial charge is 0.464 e. The lowest BCUT2D eigenvalue weighted by Crippen LogP contribution is -2.34. The van der Waals surface area contributed by atoms with E-state index in [0.717, 1.165) is 0 Å². The van der Waals surface area contributed by atoms with Crippen LogP contribution in [0.1, 0.15) is 12.8 Å². The van der Waals surface area contributed by atoms with Gasteiger partial charge in [-0.3, -0.25) is 4.79 Å². The summed E-state index contributed by atoms with van der Waals surface area (Å²) in [6.45, 7) is 0.514. The second kappa shape index (κ2) is 2.49. The van der Waals surface area contributed by atoms with Gasteiger partial charge in [-0.05, 0) is 6.42 Å². The number of cyclic esters (lactones) is 1. The molecule has 0 aliphatic carbocycles. The summed E-state index contributed by atoms with van der Waals surface area (Å²) in [5.74, 6) is -0.130. The fourth-order valence-electron chi connectivity index (χ4n) is 0.709. The lowest BCUT2D eigenvalue weighted by atomic mass is 10.0. The van der Waals surface area contributed by atoms with E-state index in [1.165, 1.54) is 0 Å². The van der Waals surface area contributed by atoms with E-state index < -0.39 is 0 Å². The Morgan fingerprint density at radius 3 is 3.00 bits per heavy atom. The smallest absolute Gasteiger partial charge is 0.312 e. The first-order chi connectivity index (χ1) is 4.34. The molecular weight excluding hydrogens is 118 g/mol. The van der Waals surface area contributed by atoms with Crippen LogP contribution in [0, 0.1) is 17.2 Å². The van der Waals surface area contributed by atoms with E-state index in [1.54, 1.807) is 0 Å². The van der Waals surface area contributed by atoms with Gasteiger partial charge in [-0.25, -0.2) is 0 Å². The van der Waals surface area contributed by atoms with Gasteiger partial charge in [0.1, 0.15) is 6.61 Å². The van der Waals surface area contributed by atoms with Gasteiger partial charge in [-0.1, -0.05) is 0 Å². The molecular formula is C6H7NO2. The van der Waals surface area contributed by atoms with Crippen molar-refractivity contribution in [2.24, 2.45) is 5.92 Å². The van der Waals surface area contributed by atoms with E-state index in [9.17, 15) is 4.79 Å². The Balaban J connectivity index is 2.15. The monoisotopic (exact) mass is 125 g/mol. The molecule has 0 bridgehead atoms. The van der Waals surface area contributed by atoms with Gasteiger partial charge in [0.05, 0.1) is 12.0 Å². The maximum atomic E-state index is 10.4. The quantitative estimate of drug-likeness (QED) is 0.504. The molecule has 0 aromatic rings. The first-order valence-electron chi connectivity index (χ1n) is 2.88. The molecule has 0 saturated carbocycles. The molecule has 1 atom stereocenters. The fourth-order valence-corrected chi connectivity index (χ4v) is 0.709. The molecule has 1 aliphatic heterocycles. The lowest BCUT2D eigenvalue weighted by molar-refractivity contribution is -0.168. The molecule has 0 N–H and O–H groups in total. The molecule has 1 saturated heterocycles. The highest BCUT2D eigenvalue weighted by atomic mass is 16.6. The molecule has 48 valence electrons. The van der Waals surface area contributed by atoms with Crippen LogP contribution >= 0.6 is 0 Å². The molecule has 1 fully saturated rings. The van der Waals surface area contributed by atoms with E-state index in [0.29, 0.717) is 19.4 Å². The predicted molar refractivity (Wildman–Crippen MR) is 29.3 cm³/mol. The normalized spacial score (nSPS) is 23.9. The average Bonchev–Trinajstić information content (AvgIpc) is 1.86. The van der Waals surface area contributed by atoms with Crippen molar-refractivity contribution in [1.82, 2.24) is 0 Å². The zero-order valence-electron chi connectivity index (χ0n) is 4.96. The Labute approximate surface area is 53.2 Å². The third-order valence-electron chi connectivity index (χ3n) is 1.36. The Hall–Kier alpha value is -1.04. The molecule has 0 radical (unpaired) electrons. The first-order valence-corrected chi connectivity index (χ1v) is 2.88. The third-order valence-corrected chi connectivity index (χ3v) is 1.36. The van der Waals surface area contributed by atoms with Gasteiger partial charge in [0.15, 0.2) is 0 Å². The van der Waals surface area contributed by atoms with Crippen LogP contribution in [-0.4, -0.2) is 12.6 Å². The average molecular weight is 125 g/mol. The second-order valence-corrected chi connectivity index (χ2v) is 2.02. The molecule has 3 nitrogen and oxygen atoms in total. The maximum absolute atomic E-state index is 10.4. The van der Waals surface area contributed by atoms with Crippen LogP contribution in [0.2, 0.25) is 0 Å². The van der Waals surface area contributed by atoms with Crippen LogP contribution in [-0.2, 0) is 9.53 Å². The summed E-state index contributed by atoms with van der Waals surface area (Å²) in [5.41, 5.74) is 0. The molecule has 1 aliphatic rings. The summed E-state index contributed by atoms with van der Waals surface area (Å²) < 4.78 is 4.49. The number of nitrogens with zero attached hydrogens (tertiary/aromatic N) is 1. The summed E-state index contributed by atoms with van der Waals surface area (Å²) in [6, 6.07) is 1.98. The number of esters is 1. The molecule has 1 unspecified atom stereocenters. The van der Waals surface area contributed by atoms with Crippen LogP contribution in [0.4, 0.5) is 0 Å². The molecule has 1 heterocycles. The molecule has 0 aromatic carbocycles. The van der Waals surface area contributed by atoms with Crippen molar-refractivity contribution >= 4 is 5.97 Å². The Morgan fingerprint density at radius 1 is 1.89 bits per heavy atom. The number of ether oxygens (including phenoxy) is 1. The van der Waals surface area contributed by atoms with Crippen molar-refractivity contribution in [3.05, 3.63) is 0 Å². The molecule has 3 heteroatoms. The number of hydrogen-bond acceptors (Lipinski definition) is 3. The number of hydrogen-bond donors (Lipinski definition) is 0. The summed E-state index contributed by atoms with van der Waals surface area (Å²) in [7, 11) is 0. The Bertz CT molecular complexity index is 159. The molecule has 1 rings (SSSR count). The van der Waals surface area contributed by atoms with Gasteiger partial charge >= 0.3 is 5.97 Å². The maximum Gasteiger partial charge on any atom is 0.312 e. The molecule has 0 aromatic heterocycles. The summed E-state index contributed by atoms with van der Waals surface area (Å²) in [4.78, 5) is 10.4. The van der Waals surface area contributed by atoms with Crippen LogP contribution < -0.4 is 0 Å². The molecule has 0 amide bonds. The van der Waals surface area contributed by atoms with Crippen molar-refractivity contribution in [2.75, 3.05) is 6.61 Å². The van der Waals surface area contributed by atoms with E-state index in [2.05, 4.69) is 4.74 Å². The van der Waals surface area contributed by atoms with E-state index >= 15 is 0 Å². The molecule has 9 heavy (non-hydrogen) atoms. The van der Waals surface area contributed by atoms with E-state index in [4.69, 9.17) is 5.26 Å². The van der Waals surface area contributed by atoms with Crippen molar-refractivity contribution in [1.29, 1.82) is 5.26 Å². The van der Waals surface area contributed by atoms with Gasteiger partial charge in [-0.15, -0.1) is 0 Å². The van der Waals surface area contributed by atoms with Crippen molar-refractivity contribution in [2.45, 2.75) is 12.8 Å². The number of nitriles is 1. The van der Waals surface area contributed by atoms with Crippen molar-refractivity contribution in [3.8, 4) is 6.07 Å². The summed E-state index contributed by atoms with van der Waals surface area (Å²) >= 11 is 0. The van der Waals surface area contributed by atoms with E-state index in [1.807, 2.05) is 6.07 Å². The Morgan fingerprint density at radius 2 is 2.67 bits per heavy atom. The van der Waals surface area contributed by atoms with Crippen LogP contribution in [0.3, 0.4) is 0 Å². The van der Waals surface area contributed by atoms with Gasteiger partial charge in [0, 0.05) is 6.42 Å². The minimum Gasteiger partial charge on any atom is -0.464 e. The highest BCUT2D eigenvalue weighted by Gasteiger charge is 2.29. The van der Waals surface area contributed by atoms with Gasteiger partial charge in [-0.2, -0.15) is 5.26 Å².